The van der Waals surface area contributed by atoms with Crippen molar-refractivity contribution in [1.29, 1.82) is 0 Å². The molecule has 4 rings (SSSR count). The maximum absolute atomic E-state index is 10.6. The highest BCUT2D eigenvalue weighted by molar-refractivity contribution is 5.21. The Hall–Kier alpha value is -2.45. The van der Waals surface area contributed by atoms with E-state index in [0.29, 0.717) is 11.5 Å². The molecule has 1 atom stereocenters. The fraction of sp³-hybridized carbons (Fsp3) is 0.526. The predicted octanol–water partition coefficient (Wildman–Crippen LogP) is 1.63. The third kappa shape index (κ3) is 3.42. The van der Waals surface area contributed by atoms with E-state index in [1.54, 1.807) is 6.20 Å². The zero-order chi connectivity index (χ0) is 19.0. The monoisotopic (exact) mass is 369 g/mol. The molecule has 1 N–H and O–H groups in total. The van der Waals surface area contributed by atoms with Gasteiger partial charge in [-0.3, -0.25) is 14.3 Å². The normalized spacial score (nSPS) is 15.9. The lowest BCUT2D eigenvalue weighted by Gasteiger charge is -2.27. The van der Waals surface area contributed by atoms with Crippen LogP contribution in [0.15, 0.2) is 24.7 Å². The zero-order valence-corrected chi connectivity index (χ0v) is 16.2. The van der Waals surface area contributed by atoms with Crippen molar-refractivity contribution < 1.29 is 5.11 Å². The van der Waals surface area contributed by atoms with E-state index in [2.05, 4.69) is 38.6 Å². The number of hydrogen-bond donors (Lipinski definition) is 1. The Bertz CT molecular complexity index is 923. The van der Waals surface area contributed by atoms with E-state index >= 15 is 0 Å². The van der Waals surface area contributed by atoms with Gasteiger partial charge in [-0.1, -0.05) is 6.92 Å². The molecular formula is C19H27N7O. The molecule has 0 aliphatic carbocycles. The van der Waals surface area contributed by atoms with E-state index in [0.717, 1.165) is 44.8 Å². The lowest BCUT2D eigenvalue weighted by Crippen LogP contribution is -2.33. The van der Waals surface area contributed by atoms with Crippen molar-refractivity contribution in [2.24, 2.45) is 7.05 Å². The summed E-state index contributed by atoms with van der Waals surface area (Å²) in [6.45, 7) is 8.75. The third-order valence-electron chi connectivity index (χ3n) is 5.31. The fourth-order valence-electron chi connectivity index (χ4n) is 3.70. The fourth-order valence-corrected chi connectivity index (χ4v) is 3.70. The Morgan fingerprint density at radius 1 is 1.30 bits per heavy atom. The average Bonchev–Trinajstić information content (AvgIpc) is 3.36. The van der Waals surface area contributed by atoms with Crippen LogP contribution in [-0.2, 0) is 33.2 Å². The highest BCUT2D eigenvalue weighted by atomic mass is 16.3. The average molecular weight is 369 g/mol. The third-order valence-corrected chi connectivity index (χ3v) is 5.31. The number of imidazole rings is 1. The minimum Gasteiger partial charge on any atom is -0.379 e. The molecule has 0 radical (unpaired) electrons. The smallest absolute Gasteiger partial charge is 0.155 e. The molecule has 4 heterocycles. The van der Waals surface area contributed by atoms with E-state index < -0.39 is 6.10 Å². The topological polar surface area (TPSA) is 76.9 Å². The Balaban J connectivity index is 1.47. The van der Waals surface area contributed by atoms with Crippen LogP contribution in [0.5, 0.6) is 0 Å². The van der Waals surface area contributed by atoms with Crippen LogP contribution in [0.2, 0.25) is 0 Å². The van der Waals surface area contributed by atoms with Gasteiger partial charge >= 0.3 is 0 Å². The first-order valence-electron chi connectivity index (χ1n) is 9.52. The van der Waals surface area contributed by atoms with Crippen molar-refractivity contribution in [3.05, 3.63) is 53.1 Å². The van der Waals surface area contributed by atoms with Crippen LogP contribution in [0, 0.1) is 6.92 Å². The molecule has 3 aromatic heterocycles. The van der Waals surface area contributed by atoms with Crippen molar-refractivity contribution >= 4 is 0 Å². The molecule has 0 amide bonds. The Labute approximate surface area is 159 Å². The van der Waals surface area contributed by atoms with Crippen LogP contribution >= 0.6 is 0 Å². The van der Waals surface area contributed by atoms with E-state index in [4.69, 9.17) is 0 Å². The van der Waals surface area contributed by atoms with Gasteiger partial charge in [-0.15, -0.1) is 0 Å². The molecule has 1 aliphatic heterocycles. The maximum atomic E-state index is 10.6. The van der Waals surface area contributed by atoms with Crippen molar-refractivity contribution in [2.45, 2.75) is 52.6 Å². The van der Waals surface area contributed by atoms with Gasteiger partial charge in [0.25, 0.3) is 0 Å². The van der Waals surface area contributed by atoms with E-state index in [1.807, 2.05) is 34.8 Å². The number of aromatic nitrogens is 6. The van der Waals surface area contributed by atoms with Gasteiger partial charge in [0.1, 0.15) is 5.82 Å². The van der Waals surface area contributed by atoms with Gasteiger partial charge in [0, 0.05) is 56.9 Å². The first-order valence-corrected chi connectivity index (χ1v) is 9.52. The number of aryl methyl sites for hydroxylation is 2. The lowest BCUT2D eigenvalue weighted by molar-refractivity contribution is 0.194. The van der Waals surface area contributed by atoms with Gasteiger partial charge in [-0.05, 0) is 19.4 Å². The molecular weight excluding hydrogens is 342 g/mol. The van der Waals surface area contributed by atoms with Crippen molar-refractivity contribution in [3.8, 4) is 0 Å². The van der Waals surface area contributed by atoms with E-state index in [1.165, 1.54) is 11.3 Å². The van der Waals surface area contributed by atoms with Crippen LogP contribution < -0.4 is 0 Å². The second kappa shape index (κ2) is 7.28. The molecule has 0 aromatic carbocycles. The van der Waals surface area contributed by atoms with Crippen LogP contribution in [-0.4, -0.2) is 45.7 Å². The number of hydrogen-bond acceptors (Lipinski definition) is 5. The minimum atomic E-state index is -0.800. The second-order valence-corrected chi connectivity index (χ2v) is 7.27. The number of aliphatic hydroxyl groups excluding tert-OH is 1. The van der Waals surface area contributed by atoms with Crippen molar-refractivity contribution in [2.75, 3.05) is 6.54 Å². The van der Waals surface area contributed by atoms with Gasteiger partial charge < -0.3 is 9.67 Å². The quantitative estimate of drug-likeness (QED) is 0.715. The largest absolute Gasteiger partial charge is 0.379 e. The van der Waals surface area contributed by atoms with Gasteiger partial charge in [0.05, 0.1) is 24.1 Å². The molecule has 3 aromatic rings. The molecule has 0 spiro atoms. The molecule has 0 unspecified atom stereocenters. The number of aliphatic hydroxyl groups is 1. The lowest BCUT2D eigenvalue weighted by atomic mass is 10.2. The summed E-state index contributed by atoms with van der Waals surface area (Å²) in [7, 11) is 1.88. The number of rotatable bonds is 6. The molecule has 0 saturated carbocycles. The molecule has 0 saturated heterocycles. The summed E-state index contributed by atoms with van der Waals surface area (Å²) in [5.41, 5.74) is 4.32. The standard InChI is InChI=1S/C19H27N7O/c1-4-6-25-14(2)15(11-21-25)12-24-8-9-26-16(13-24)10-17(22-26)18(27)19-20-5-7-23(19)3/h5,7,10-11,18,27H,4,6,8-9,12-13H2,1-3H3/t18-/m0/s1. The van der Waals surface area contributed by atoms with Crippen molar-refractivity contribution in [3.63, 3.8) is 0 Å². The van der Waals surface area contributed by atoms with Gasteiger partial charge in [-0.25, -0.2) is 4.98 Å². The SMILES string of the molecule is CCCn1ncc(CN2CCn3nc([C@H](O)c4nccn4C)cc3C2)c1C. The highest BCUT2D eigenvalue weighted by Gasteiger charge is 2.24. The molecule has 8 nitrogen and oxygen atoms in total. The van der Waals surface area contributed by atoms with Crippen LogP contribution in [0.25, 0.3) is 0 Å². The van der Waals surface area contributed by atoms with E-state index in [9.17, 15) is 5.11 Å². The first kappa shape index (κ1) is 17.9. The Kier molecular flexibility index (Phi) is 4.84. The summed E-state index contributed by atoms with van der Waals surface area (Å²) in [4.78, 5) is 6.65. The van der Waals surface area contributed by atoms with Crippen molar-refractivity contribution in [1.82, 2.24) is 34.0 Å². The first-order chi connectivity index (χ1) is 13.1. The van der Waals surface area contributed by atoms with Crippen LogP contribution in [0.1, 0.15) is 47.9 Å². The summed E-state index contributed by atoms with van der Waals surface area (Å²) in [6.07, 6.45) is 5.80. The molecule has 27 heavy (non-hydrogen) atoms. The Morgan fingerprint density at radius 3 is 2.89 bits per heavy atom. The van der Waals surface area contributed by atoms with Gasteiger partial charge in [0.15, 0.2) is 6.10 Å². The summed E-state index contributed by atoms with van der Waals surface area (Å²) < 4.78 is 5.92. The molecule has 0 fully saturated rings. The summed E-state index contributed by atoms with van der Waals surface area (Å²) in [6, 6.07) is 2.00. The van der Waals surface area contributed by atoms with E-state index in [-0.39, 0.29) is 0 Å². The molecule has 1 aliphatic rings. The summed E-state index contributed by atoms with van der Waals surface area (Å²) >= 11 is 0. The molecule has 0 bridgehead atoms. The highest BCUT2D eigenvalue weighted by Crippen LogP contribution is 2.23. The number of nitrogens with zero attached hydrogens (tertiary/aromatic N) is 7. The summed E-state index contributed by atoms with van der Waals surface area (Å²) in [5, 5.41) is 19.7. The summed E-state index contributed by atoms with van der Waals surface area (Å²) in [5.74, 6) is 0.612. The zero-order valence-electron chi connectivity index (χ0n) is 16.2. The molecule has 8 heteroatoms. The predicted molar refractivity (Wildman–Crippen MR) is 101 cm³/mol. The van der Waals surface area contributed by atoms with Crippen LogP contribution in [0.3, 0.4) is 0 Å². The maximum Gasteiger partial charge on any atom is 0.155 e. The minimum absolute atomic E-state index is 0.612. The van der Waals surface area contributed by atoms with Gasteiger partial charge in [0.2, 0.25) is 0 Å². The Morgan fingerprint density at radius 2 is 2.15 bits per heavy atom. The van der Waals surface area contributed by atoms with Crippen LogP contribution in [0.4, 0.5) is 0 Å². The molecule has 144 valence electrons. The van der Waals surface area contributed by atoms with Gasteiger partial charge in [-0.2, -0.15) is 10.2 Å². The second-order valence-electron chi connectivity index (χ2n) is 7.27. The number of fused-ring (bicyclic) bond motifs is 1.